The molecule has 0 saturated heterocycles. The molecule has 0 aliphatic heterocycles. The summed E-state index contributed by atoms with van der Waals surface area (Å²) >= 11 is 3.38. The second-order valence-corrected chi connectivity index (χ2v) is 4.05. The molecule has 0 aromatic carbocycles. The van der Waals surface area contributed by atoms with Crippen molar-refractivity contribution in [1.82, 2.24) is 0 Å². The molecule has 0 atom stereocenters. The third kappa shape index (κ3) is 4.09. The highest BCUT2D eigenvalue weighted by molar-refractivity contribution is 9.09. The van der Waals surface area contributed by atoms with Crippen molar-refractivity contribution in [2.24, 2.45) is 0 Å². The van der Waals surface area contributed by atoms with Gasteiger partial charge in [0.1, 0.15) is 0 Å². The molecule has 0 saturated carbocycles. The number of rotatable bonds is 7. The van der Waals surface area contributed by atoms with Crippen LogP contribution >= 0.6 is 15.9 Å². The van der Waals surface area contributed by atoms with Crippen LogP contribution in [-0.4, -0.2) is 11.1 Å². The average molecular weight is 259 g/mol. The molecule has 14 heavy (non-hydrogen) atoms. The maximum Gasteiger partial charge on any atom is 0.197 e. The van der Waals surface area contributed by atoms with Gasteiger partial charge in [0.25, 0.3) is 0 Å². The summed E-state index contributed by atoms with van der Waals surface area (Å²) in [6.07, 6.45) is 6.62. The minimum atomic E-state index is 0.119. The first-order valence-corrected chi connectivity index (χ1v) is 6.09. The number of ketones is 1. The molecule has 0 aliphatic rings. The lowest BCUT2D eigenvalue weighted by molar-refractivity contribution is 0.0952. The summed E-state index contributed by atoms with van der Waals surface area (Å²) in [6.45, 7) is 0. The molecule has 78 valence electrons. The first kappa shape index (κ1) is 11.5. The van der Waals surface area contributed by atoms with Gasteiger partial charge < -0.3 is 4.42 Å². The molecule has 2 nitrogen and oxygen atoms in total. The Labute approximate surface area is 92.8 Å². The molecule has 0 spiro atoms. The van der Waals surface area contributed by atoms with E-state index in [2.05, 4.69) is 15.9 Å². The average Bonchev–Trinajstić information content (AvgIpc) is 2.70. The Morgan fingerprint density at radius 2 is 2.07 bits per heavy atom. The molecular formula is C11H15BrO2. The van der Waals surface area contributed by atoms with Crippen LogP contribution in [0.5, 0.6) is 0 Å². The zero-order valence-corrected chi connectivity index (χ0v) is 9.76. The van der Waals surface area contributed by atoms with Crippen molar-refractivity contribution < 1.29 is 9.21 Å². The number of unbranched alkanes of at least 4 members (excludes halogenated alkanes) is 3. The monoisotopic (exact) mass is 258 g/mol. The van der Waals surface area contributed by atoms with E-state index in [9.17, 15) is 4.79 Å². The van der Waals surface area contributed by atoms with Crippen LogP contribution < -0.4 is 0 Å². The normalized spacial score (nSPS) is 10.4. The molecule has 0 bridgehead atoms. The van der Waals surface area contributed by atoms with Gasteiger partial charge in [-0.1, -0.05) is 28.8 Å². The largest absolute Gasteiger partial charge is 0.461 e. The number of furan rings is 1. The topological polar surface area (TPSA) is 30.2 Å². The summed E-state index contributed by atoms with van der Waals surface area (Å²) in [4.78, 5) is 11.4. The van der Waals surface area contributed by atoms with Crippen LogP contribution in [0.4, 0.5) is 0 Å². The maximum atomic E-state index is 11.4. The number of carbonyl (C=O) groups excluding carboxylic acids is 1. The third-order valence-corrected chi connectivity index (χ3v) is 2.64. The van der Waals surface area contributed by atoms with E-state index in [0.717, 1.165) is 18.2 Å². The van der Waals surface area contributed by atoms with Crippen LogP contribution in [0.1, 0.15) is 42.7 Å². The van der Waals surface area contributed by atoms with Gasteiger partial charge in [0.05, 0.1) is 6.26 Å². The Kier molecular flexibility index (Phi) is 5.60. The van der Waals surface area contributed by atoms with Crippen molar-refractivity contribution in [1.29, 1.82) is 0 Å². The lowest BCUT2D eigenvalue weighted by Crippen LogP contribution is -1.96. The molecule has 0 radical (unpaired) electrons. The van der Waals surface area contributed by atoms with E-state index < -0.39 is 0 Å². The molecule has 0 amide bonds. The van der Waals surface area contributed by atoms with Gasteiger partial charge in [-0.25, -0.2) is 0 Å². The van der Waals surface area contributed by atoms with E-state index >= 15 is 0 Å². The molecular weight excluding hydrogens is 244 g/mol. The van der Waals surface area contributed by atoms with E-state index in [1.165, 1.54) is 19.1 Å². The number of halogens is 1. The quantitative estimate of drug-likeness (QED) is 0.423. The van der Waals surface area contributed by atoms with Gasteiger partial charge in [0.2, 0.25) is 0 Å². The molecule has 1 rings (SSSR count). The summed E-state index contributed by atoms with van der Waals surface area (Å²) < 4.78 is 5.02. The fourth-order valence-corrected chi connectivity index (χ4v) is 1.69. The number of Topliss-reactive ketones (excluding diaryl/α,β-unsaturated/α-hetero) is 1. The number of hydrogen-bond acceptors (Lipinski definition) is 2. The Balaban J connectivity index is 2.10. The standard InChI is InChI=1S/C11H15BrO2/c12-8-4-2-1-3-6-10(13)11-7-5-9-14-11/h5,7,9H,1-4,6,8H2. The van der Waals surface area contributed by atoms with Gasteiger partial charge in [-0.2, -0.15) is 0 Å². The van der Waals surface area contributed by atoms with Gasteiger partial charge in [-0.15, -0.1) is 0 Å². The Morgan fingerprint density at radius 3 is 2.71 bits per heavy atom. The van der Waals surface area contributed by atoms with E-state index in [4.69, 9.17) is 4.42 Å². The van der Waals surface area contributed by atoms with Gasteiger partial charge in [0, 0.05) is 11.8 Å². The van der Waals surface area contributed by atoms with Crippen molar-refractivity contribution in [3.8, 4) is 0 Å². The second kappa shape index (κ2) is 6.82. The van der Waals surface area contributed by atoms with Gasteiger partial charge in [-0.3, -0.25) is 4.79 Å². The van der Waals surface area contributed by atoms with Gasteiger partial charge >= 0.3 is 0 Å². The summed E-state index contributed by atoms with van der Waals surface area (Å²) in [6, 6.07) is 3.47. The number of alkyl halides is 1. The maximum absolute atomic E-state index is 11.4. The Hall–Kier alpha value is -0.570. The predicted octanol–water partition coefficient (Wildman–Crippen LogP) is 3.81. The summed E-state index contributed by atoms with van der Waals surface area (Å²) in [5, 5.41) is 1.05. The zero-order valence-electron chi connectivity index (χ0n) is 8.17. The highest BCUT2D eigenvalue weighted by atomic mass is 79.9. The van der Waals surface area contributed by atoms with E-state index in [1.54, 1.807) is 12.1 Å². The molecule has 3 heteroatoms. The van der Waals surface area contributed by atoms with Crippen LogP contribution in [-0.2, 0) is 0 Å². The molecule has 0 N–H and O–H groups in total. The Morgan fingerprint density at radius 1 is 1.29 bits per heavy atom. The second-order valence-electron chi connectivity index (χ2n) is 3.25. The first-order valence-electron chi connectivity index (χ1n) is 4.97. The van der Waals surface area contributed by atoms with Crippen molar-refractivity contribution in [2.75, 3.05) is 5.33 Å². The van der Waals surface area contributed by atoms with Crippen LogP contribution in [0.3, 0.4) is 0 Å². The molecule has 1 aromatic rings. The van der Waals surface area contributed by atoms with Crippen molar-refractivity contribution in [3.63, 3.8) is 0 Å². The fraction of sp³-hybridized carbons (Fsp3) is 0.545. The molecule has 0 fully saturated rings. The number of carbonyl (C=O) groups is 1. The lowest BCUT2D eigenvalue weighted by atomic mass is 10.1. The summed E-state index contributed by atoms with van der Waals surface area (Å²) in [5.41, 5.74) is 0. The smallest absolute Gasteiger partial charge is 0.197 e. The summed E-state index contributed by atoms with van der Waals surface area (Å²) in [5.74, 6) is 0.610. The van der Waals surface area contributed by atoms with Crippen LogP contribution in [0.25, 0.3) is 0 Å². The van der Waals surface area contributed by atoms with Crippen LogP contribution in [0.15, 0.2) is 22.8 Å². The van der Waals surface area contributed by atoms with Crippen LogP contribution in [0.2, 0.25) is 0 Å². The predicted molar refractivity (Wildman–Crippen MR) is 59.9 cm³/mol. The molecule has 1 heterocycles. The molecule has 0 unspecified atom stereocenters. The summed E-state index contributed by atoms with van der Waals surface area (Å²) in [7, 11) is 0. The van der Waals surface area contributed by atoms with Crippen LogP contribution in [0, 0.1) is 0 Å². The van der Waals surface area contributed by atoms with E-state index in [1.807, 2.05) is 0 Å². The lowest BCUT2D eigenvalue weighted by Gasteiger charge is -1.97. The fourth-order valence-electron chi connectivity index (χ4n) is 1.29. The third-order valence-electron chi connectivity index (χ3n) is 2.08. The van der Waals surface area contributed by atoms with E-state index in [0.29, 0.717) is 12.2 Å². The van der Waals surface area contributed by atoms with Crippen molar-refractivity contribution in [3.05, 3.63) is 24.2 Å². The van der Waals surface area contributed by atoms with Gasteiger partial charge in [0.15, 0.2) is 11.5 Å². The first-order chi connectivity index (χ1) is 6.84. The van der Waals surface area contributed by atoms with Crippen molar-refractivity contribution >= 4 is 21.7 Å². The van der Waals surface area contributed by atoms with Gasteiger partial charge in [-0.05, 0) is 25.0 Å². The molecule has 0 aliphatic carbocycles. The number of hydrogen-bond donors (Lipinski definition) is 0. The minimum absolute atomic E-state index is 0.119. The minimum Gasteiger partial charge on any atom is -0.461 e. The zero-order chi connectivity index (χ0) is 10.2. The highest BCUT2D eigenvalue weighted by Crippen LogP contribution is 2.09. The van der Waals surface area contributed by atoms with Crippen molar-refractivity contribution in [2.45, 2.75) is 32.1 Å². The SMILES string of the molecule is O=C(CCCCCCBr)c1ccco1. The highest BCUT2D eigenvalue weighted by Gasteiger charge is 2.07. The Bertz CT molecular complexity index is 254. The van der Waals surface area contributed by atoms with E-state index in [-0.39, 0.29) is 5.78 Å². The molecule has 1 aromatic heterocycles.